The van der Waals surface area contributed by atoms with E-state index in [0.29, 0.717) is 5.92 Å². The predicted molar refractivity (Wildman–Crippen MR) is 72.8 cm³/mol. The Morgan fingerprint density at radius 2 is 2.11 bits per heavy atom. The summed E-state index contributed by atoms with van der Waals surface area (Å²) in [6.45, 7) is 0.953. The molecule has 1 aliphatic rings. The minimum Gasteiger partial charge on any atom is -0.481 e. The molecule has 0 amide bonds. The van der Waals surface area contributed by atoms with Crippen LogP contribution in [0.2, 0.25) is 0 Å². The van der Waals surface area contributed by atoms with E-state index < -0.39 is 5.97 Å². The molecule has 1 aromatic carbocycles. The first-order valence-electron chi connectivity index (χ1n) is 6.45. The number of hydrogen-bond donors (Lipinski definition) is 2. The molecule has 0 aromatic heterocycles. The van der Waals surface area contributed by atoms with Crippen LogP contribution in [-0.4, -0.2) is 17.6 Å². The Kier molecular flexibility index (Phi) is 4.40. The molecule has 3 heteroatoms. The van der Waals surface area contributed by atoms with Crippen LogP contribution in [0, 0.1) is 5.92 Å². The lowest BCUT2D eigenvalue weighted by molar-refractivity contribution is -0.136. The molecule has 0 fully saturated rings. The molecule has 0 saturated carbocycles. The van der Waals surface area contributed by atoms with Crippen LogP contribution in [-0.2, 0) is 11.2 Å². The standard InChI is InChI=1S/C15H19NO2/c17-15(18)10-12-6-8-14(9-7-12)16-11-13-4-2-1-3-5-13/h2,4,6-9,13,16H,1,3,5,10-11H2,(H,17,18). The SMILES string of the molecule is O=C(O)Cc1ccc(NCC2C=CCCC2)cc1. The van der Waals surface area contributed by atoms with Crippen LogP contribution in [0.3, 0.4) is 0 Å². The molecule has 1 aromatic rings. The molecule has 0 saturated heterocycles. The summed E-state index contributed by atoms with van der Waals surface area (Å²) < 4.78 is 0. The third kappa shape index (κ3) is 3.91. The molecule has 0 bridgehead atoms. The van der Waals surface area contributed by atoms with Gasteiger partial charge in [-0.05, 0) is 42.9 Å². The lowest BCUT2D eigenvalue weighted by Crippen LogP contribution is -2.14. The minimum absolute atomic E-state index is 0.0889. The largest absolute Gasteiger partial charge is 0.481 e. The number of carboxylic acid groups (broad SMARTS) is 1. The third-order valence-corrected chi connectivity index (χ3v) is 3.23. The van der Waals surface area contributed by atoms with Crippen molar-refractivity contribution in [3.63, 3.8) is 0 Å². The molecular formula is C15H19NO2. The highest BCUT2D eigenvalue weighted by Gasteiger charge is 2.07. The molecule has 0 aliphatic heterocycles. The molecule has 0 heterocycles. The Hall–Kier alpha value is -1.77. The van der Waals surface area contributed by atoms with Crippen LogP contribution >= 0.6 is 0 Å². The van der Waals surface area contributed by atoms with Crippen molar-refractivity contribution in [2.24, 2.45) is 5.92 Å². The van der Waals surface area contributed by atoms with Crippen molar-refractivity contribution in [1.82, 2.24) is 0 Å². The first kappa shape index (κ1) is 12.7. The third-order valence-electron chi connectivity index (χ3n) is 3.23. The zero-order valence-electron chi connectivity index (χ0n) is 10.4. The van der Waals surface area contributed by atoms with E-state index in [9.17, 15) is 4.79 Å². The van der Waals surface area contributed by atoms with Gasteiger partial charge in [-0.3, -0.25) is 4.79 Å². The number of carboxylic acids is 1. The first-order chi connectivity index (χ1) is 8.74. The summed E-state index contributed by atoms with van der Waals surface area (Å²) in [6.07, 6.45) is 8.37. The number of anilines is 1. The number of rotatable bonds is 5. The molecule has 18 heavy (non-hydrogen) atoms. The fourth-order valence-corrected chi connectivity index (χ4v) is 2.22. The average molecular weight is 245 g/mol. The fraction of sp³-hybridized carbons (Fsp3) is 0.400. The fourth-order valence-electron chi connectivity index (χ4n) is 2.22. The van der Waals surface area contributed by atoms with Crippen molar-refractivity contribution in [2.75, 3.05) is 11.9 Å². The van der Waals surface area contributed by atoms with Crippen LogP contribution in [0.5, 0.6) is 0 Å². The van der Waals surface area contributed by atoms with Gasteiger partial charge in [-0.25, -0.2) is 0 Å². The van der Waals surface area contributed by atoms with E-state index >= 15 is 0 Å². The molecule has 2 N–H and O–H groups in total. The molecular weight excluding hydrogens is 226 g/mol. The summed E-state index contributed by atoms with van der Waals surface area (Å²) in [5, 5.41) is 12.1. The van der Waals surface area contributed by atoms with Crippen molar-refractivity contribution >= 4 is 11.7 Å². The van der Waals surface area contributed by atoms with Crippen molar-refractivity contribution in [2.45, 2.75) is 25.7 Å². The van der Waals surface area contributed by atoms with Gasteiger partial charge in [-0.1, -0.05) is 24.3 Å². The van der Waals surface area contributed by atoms with E-state index in [4.69, 9.17) is 5.11 Å². The highest BCUT2D eigenvalue weighted by Crippen LogP contribution is 2.18. The summed E-state index contributed by atoms with van der Waals surface area (Å²) in [5.41, 5.74) is 1.90. The normalized spacial score (nSPS) is 18.6. The molecule has 3 nitrogen and oxygen atoms in total. The predicted octanol–water partition coefficient (Wildman–Crippen LogP) is 3.08. The van der Waals surface area contributed by atoms with Crippen molar-refractivity contribution < 1.29 is 9.90 Å². The highest BCUT2D eigenvalue weighted by atomic mass is 16.4. The summed E-state index contributed by atoms with van der Waals surface area (Å²) in [6, 6.07) is 7.63. The molecule has 0 spiro atoms. The Balaban J connectivity index is 1.84. The van der Waals surface area contributed by atoms with Gasteiger partial charge in [-0.2, -0.15) is 0 Å². The van der Waals surface area contributed by atoms with Gasteiger partial charge >= 0.3 is 5.97 Å². The van der Waals surface area contributed by atoms with E-state index in [2.05, 4.69) is 17.5 Å². The van der Waals surface area contributed by atoms with Gasteiger partial charge in [0.05, 0.1) is 6.42 Å². The Labute approximate surface area is 108 Å². The second-order valence-electron chi connectivity index (χ2n) is 4.77. The van der Waals surface area contributed by atoms with Gasteiger partial charge in [0.2, 0.25) is 0 Å². The van der Waals surface area contributed by atoms with Crippen molar-refractivity contribution in [1.29, 1.82) is 0 Å². The topological polar surface area (TPSA) is 49.3 Å². The zero-order valence-corrected chi connectivity index (χ0v) is 10.4. The van der Waals surface area contributed by atoms with Gasteiger partial charge in [0, 0.05) is 12.2 Å². The molecule has 2 rings (SSSR count). The Bertz CT molecular complexity index is 423. The summed E-state index contributed by atoms with van der Waals surface area (Å²) in [5.74, 6) is -0.166. The Morgan fingerprint density at radius 1 is 1.33 bits per heavy atom. The van der Waals surface area contributed by atoms with Crippen LogP contribution in [0.15, 0.2) is 36.4 Å². The zero-order chi connectivity index (χ0) is 12.8. The maximum atomic E-state index is 10.6. The molecule has 1 aliphatic carbocycles. The first-order valence-corrected chi connectivity index (χ1v) is 6.45. The number of aliphatic carboxylic acids is 1. The van der Waals surface area contributed by atoms with Crippen LogP contribution in [0.25, 0.3) is 0 Å². The lowest BCUT2D eigenvalue weighted by atomic mass is 9.96. The van der Waals surface area contributed by atoms with Gasteiger partial charge in [0.15, 0.2) is 0 Å². The quantitative estimate of drug-likeness (QED) is 0.784. The molecule has 96 valence electrons. The number of hydrogen-bond acceptors (Lipinski definition) is 2. The Morgan fingerprint density at radius 3 is 2.72 bits per heavy atom. The van der Waals surface area contributed by atoms with Crippen LogP contribution < -0.4 is 5.32 Å². The van der Waals surface area contributed by atoms with E-state index in [0.717, 1.165) is 17.8 Å². The monoisotopic (exact) mass is 245 g/mol. The maximum absolute atomic E-state index is 10.6. The lowest BCUT2D eigenvalue weighted by Gasteiger charge is -2.17. The van der Waals surface area contributed by atoms with Gasteiger partial charge < -0.3 is 10.4 Å². The van der Waals surface area contributed by atoms with E-state index in [-0.39, 0.29) is 6.42 Å². The smallest absolute Gasteiger partial charge is 0.307 e. The van der Waals surface area contributed by atoms with E-state index in [1.807, 2.05) is 24.3 Å². The molecule has 1 unspecified atom stereocenters. The van der Waals surface area contributed by atoms with Gasteiger partial charge in [-0.15, -0.1) is 0 Å². The van der Waals surface area contributed by atoms with Crippen molar-refractivity contribution in [3.8, 4) is 0 Å². The minimum atomic E-state index is -0.789. The van der Waals surface area contributed by atoms with Crippen molar-refractivity contribution in [3.05, 3.63) is 42.0 Å². The second kappa shape index (κ2) is 6.24. The van der Waals surface area contributed by atoms with Crippen LogP contribution in [0.1, 0.15) is 24.8 Å². The maximum Gasteiger partial charge on any atom is 0.307 e. The number of carbonyl (C=O) groups is 1. The second-order valence-corrected chi connectivity index (χ2v) is 4.77. The van der Waals surface area contributed by atoms with Gasteiger partial charge in [0.25, 0.3) is 0 Å². The summed E-state index contributed by atoms with van der Waals surface area (Å²) >= 11 is 0. The average Bonchev–Trinajstić information content (AvgIpc) is 2.38. The summed E-state index contributed by atoms with van der Waals surface area (Å²) in [4.78, 5) is 10.6. The van der Waals surface area contributed by atoms with E-state index in [1.54, 1.807) is 0 Å². The molecule has 0 radical (unpaired) electrons. The van der Waals surface area contributed by atoms with E-state index in [1.165, 1.54) is 19.3 Å². The molecule has 1 atom stereocenters. The summed E-state index contributed by atoms with van der Waals surface area (Å²) in [7, 11) is 0. The van der Waals surface area contributed by atoms with Crippen LogP contribution in [0.4, 0.5) is 5.69 Å². The van der Waals surface area contributed by atoms with Gasteiger partial charge in [0.1, 0.15) is 0 Å². The number of benzene rings is 1. The number of nitrogens with one attached hydrogen (secondary N) is 1. The highest BCUT2D eigenvalue weighted by molar-refractivity contribution is 5.70. The number of allylic oxidation sites excluding steroid dienone is 1.